The molecule has 0 aliphatic carbocycles. The van der Waals surface area contributed by atoms with Gasteiger partial charge in [0, 0.05) is 12.7 Å². The molecule has 0 saturated heterocycles. The average molecular weight is 485 g/mol. The fourth-order valence-electron chi connectivity index (χ4n) is 4.24. The minimum atomic E-state index is -1.02. The van der Waals surface area contributed by atoms with E-state index < -0.39 is 5.60 Å². The summed E-state index contributed by atoms with van der Waals surface area (Å²) in [6.07, 6.45) is 1.92. The van der Waals surface area contributed by atoms with Crippen LogP contribution in [0.25, 0.3) is 22.3 Å². The van der Waals surface area contributed by atoms with Crippen LogP contribution in [-0.4, -0.2) is 12.9 Å². The lowest BCUT2D eigenvalue weighted by atomic mass is 9.87. The van der Waals surface area contributed by atoms with E-state index in [1.165, 1.54) is 22.3 Å². The lowest BCUT2D eigenvalue weighted by Crippen LogP contribution is -2.34. The minimum absolute atomic E-state index is 0.0538. The Morgan fingerprint density at radius 3 is 1.74 bits per heavy atom. The van der Waals surface area contributed by atoms with E-state index in [1.54, 1.807) is 7.11 Å². The van der Waals surface area contributed by atoms with Gasteiger partial charge in [-0.2, -0.15) is 0 Å². The fraction of sp³-hybridized carbons (Fsp3) is 0.167. The van der Waals surface area contributed by atoms with Crippen molar-refractivity contribution in [2.75, 3.05) is 7.11 Å². The molecule has 0 aliphatic rings. The van der Waals surface area contributed by atoms with Gasteiger partial charge in [0.05, 0.1) is 0 Å². The minimum Gasteiger partial charge on any atom is -0.366 e. The number of carbonyl (C=O) groups excluding carboxylic acids is 1. The van der Waals surface area contributed by atoms with Crippen molar-refractivity contribution in [3.05, 3.63) is 119 Å². The maximum absolute atomic E-state index is 13.3. The largest absolute Gasteiger partial charge is 0.366 e. The second kappa shape index (κ2) is 10.7. The third-order valence-electron chi connectivity index (χ3n) is 6.51. The molecule has 4 aromatic rings. The molecular weight excluding hydrogens is 454 g/mol. The predicted molar refractivity (Wildman–Crippen MR) is 149 cm³/mol. The molecule has 0 spiro atoms. The Balaban J connectivity index is 1.56. The number of hydrogen-bond acceptors (Lipinski definition) is 2. The number of benzene rings is 4. The Kier molecular flexibility index (Phi) is 7.74. The first-order chi connectivity index (χ1) is 16.5. The first-order valence-electron chi connectivity index (χ1n) is 11.4. The van der Waals surface area contributed by atoms with E-state index in [1.807, 2.05) is 61.5 Å². The molecular formula is C30H30O2P2. The number of Topliss-reactive ketones (excluding diaryl/α,β-unsaturated/α-hetero) is 1. The Bertz CT molecular complexity index is 1270. The summed E-state index contributed by atoms with van der Waals surface area (Å²) in [5.41, 5.74) is 7.81. The maximum Gasteiger partial charge on any atom is 0.198 e. The third kappa shape index (κ3) is 4.91. The molecule has 0 heterocycles. The van der Waals surface area contributed by atoms with Crippen molar-refractivity contribution < 1.29 is 9.53 Å². The standard InChI is InChI=1S/C30H30O2P2/c1-30(32-2,28-6-4-3-5-7-28)29(31)24-14-12-22(13-15-24)21-8-10-23(11-9-21)25-16-17-26(19-33)27(18-25)20-34/h3-18H,19-20,33-34H2,1-2H3. The molecule has 2 nitrogen and oxygen atoms in total. The van der Waals surface area contributed by atoms with Crippen LogP contribution in [0.15, 0.2) is 97.1 Å². The molecule has 4 aromatic carbocycles. The van der Waals surface area contributed by atoms with Gasteiger partial charge >= 0.3 is 0 Å². The molecule has 0 aliphatic heterocycles. The molecule has 34 heavy (non-hydrogen) atoms. The van der Waals surface area contributed by atoms with Gasteiger partial charge in [-0.25, -0.2) is 0 Å². The van der Waals surface area contributed by atoms with Crippen LogP contribution in [0.1, 0.15) is 34.0 Å². The summed E-state index contributed by atoms with van der Waals surface area (Å²) in [5.74, 6) is -0.0538. The summed E-state index contributed by atoms with van der Waals surface area (Å²) in [4.78, 5) is 13.3. The molecule has 0 saturated carbocycles. The van der Waals surface area contributed by atoms with E-state index in [2.05, 4.69) is 60.9 Å². The number of ketones is 1. The highest BCUT2D eigenvalue weighted by Gasteiger charge is 2.35. The van der Waals surface area contributed by atoms with Crippen molar-refractivity contribution in [1.82, 2.24) is 0 Å². The van der Waals surface area contributed by atoms with Crippen LogP contribution in [0.5, 0.6) is 0 Å². The smallest absolute Gasteiger partial charge is 0.198 e. The Labute approximate surface area is 207 Å². The van der Waals surface area contributed by atoms with Crippen molar-refractivity contribution in [2.24, 2.45) is 0 Å². The van der Waals surface area contributed by atoms with Gasteiger partial charge < -0.3 is 4.74 Å². The van der Waals surface area contributed by atoms with Gasteiger partial charge in [-0.1, -0.05) is 97.1 Å². The van der Waals surface area contributed by atoms with Gasteiger partial charge in [-0.15, -0.1) is 18.5 Å². The molecule has 3 unspecified atom stereocenters. The lowest BCUT2D eigenvalue weighted by molar-refractivity contribution is 0.0101. The van der Waals surface area contributed by atoms with Crippen molar-refractivity contribution >= 4 is 24.3 Å². The quantitative estimate of drug-likeness (QED) is 0.191. The van der Waals surface area contributed by atoms with Crippen LogP contribution in [-0.2, 0) is 22.7 Å². The molecule has 0 radical (unpaired) electrons. The Morgan fingerprint density at radius 1 is 0.706 bits per heavy atom. The first-order valence-corrected chi connectivity index (χ1v) is 13.0. The van der Waals surface area contributed by atoms with Crippen LogP contribution in [0, 0.1) is 0 Å². The van der Waals surface area contributed by atoms with Crippen molar-refractivity contribution in [2.45, 2.75) is 24.8 Å². The maximum atomic E-state index is 13.3. The second-order valence-corrected chi connectivity index (χ2v) is 9.30. The highest BCUT2D eigenvalue weighted by molar-refractivity contribution is 7.16. The summed E-state index contributed by atoms with van der Waals surface area (Å²) in [7, 11) is 7.21. The lowest BCUT2D eigenvalue weighted by Gasteiger charge is -2.27. The van der Waals surface area contributed by atoms with Gasteiger partial charge in [0.1, 0.15) is 0 Å². The van der Waals surface area contributed by atoms with Gasteiger partial charge in [0.25, 0.3) is 0 Å². The molecule has 0 bridgehead atoms. The molecule has 4 rings (SSSR count). The third-order valence-corrected chi connectivity index (χ3v) is 7.39. The van der Waals surface area contributed by atoms with Gasteiger partial charge in [-0.05, 0) is 58.2 Å². The number of carbonyl (C=O) groups is 1. The van der Waals surface area contributed by atoms with Crippen LogP contribution in [0.4, 0.5) is 0 Å². The highest BCUT2D eigenvalue weighted by Crippen LogP contribution is 2.31. The molecule has 0 N–H and O–H groups in total. The van der Waals surface area contributed by atoms with E-state index in [0.29, 0.717) is 5.56 Å². The predicted octanol–water partition coefficient (Wildman–Crippen LogP) is 7.52. The SMILES string of the molecule is COC(C)(C(=O)c1ccc(-c2ccc(-c3ccc(CP)c(CP)c3)cc2)cc1)c1ccccc1. The van der Waals surface area contributed by atoms with Crippen LogP contribution < -0.4 is 0 Å². The average Bonchev–Trinajstić information content (AvgIpc) is 2.92. The molecule has 0 amide bonds. The monoisotopic (exact) mass is 484 g/mol. The number of methoxy groups -OCH3 is 1. The number of rotatable bonds is 8. The summed E-state index contributed by atoms with van der Waals surface area (Å²) < 4.78 is 5.69. The first kappa shape index (κ1) is 24.5. The van der Waals surface area contributed by atoms with E-state index in [9.17, 15) is 4.79 Å². The fourth-order valence-corrected chi connectivity index (χ4v) is 5.02. The molecule has 4 heteroatoms. The summed E-state index contributed by atoms with van der Waals surface area (Å²) >= 11 is 0. The number of hydrogen-bond donors (Lipinski definition) is 0. The van der Waals surface area contributed by atoms with E-state index in [-0.39, 0.29) is 5.78 Å². The highest BCUT2D eigenvalue weighted by atomic mass is 31.0. The van der Waals surface area contributed by atoms with Crippen molar-refractivity contribution in [1.29, 1.82) is 0 Å². The topological polar surface area (TPSA) is 26.3 Å². The second-order valence-electron chi connectivity index (χ2n) is 8.48. The Hall–Kier alpha value is -2.63. The Morgan fingerprint density at radius 2 is 1.21 bits per heavy atom. The van der Waals surface area contributed by atoms with E-state index >= 15 is 0 Å². The van der Waals surface area contributed by atoms with E-state index in [4.69, 9.17) is 4.74 Å². The van der Waals surface area contributed by atoms with Gasteiger partial charge in [0.2, 0.25) is 0 Å². The zero-order valence-corrected chi connectivity index (χ0v) is 21.9. The van der Waals surface area contributed by atoms with Crippen molar-refractivity contribution in [3.63, 3.8) is 0 Å². The summed E-state index contributed by atoms with van der Waals surface area (Å²) in [6, 6.07) is 32.7. The molecule has 0 fully saturated rings. The zero-order valence-electron chi connectivity index (χ0n) is 19.6. The molecule has 172 valence electrons. The summed E-state index contributed by atoms with van der Waals surface area (Å²) in [6.45, 7) is 1.83. The molecule has 3 atom stereocenters. The van der Waals surface area contributed by atoms with Crippen molar-refractivity contribution in [3.8, 4) is 22.3 Å². The molecule has 0 aromatic heterocycles. The van der Waals surface area contributed by atoms with Crippen LogP contribution in [0.3, 0.4) is 0 Å². The van der Waals surface area contributed by atoms with Gasteiger partial charge in [-0.3, -0.25) is 4.79 Å². The normalized spacial score (nSPS) is 12.8. The number of ether oxygens (including phenoxy) is 1. The summed E-state index contributed by atoms with van der Waals surface area (Å²) in [5, 5.41) is 0. The zero-order chi connectivity index (χ0) is 24.1. The van der Waals surface area contributed by atoms with Gasteiger partial charge in [0.15, 0.2) is 11.4 Å². The van der Waals surface area contributed by atoms with E-state index in [0.717, 1.165) is 29.0 Å². The van der Waals surface area contributed by atoms with Crippen LogP contribution >= 0.6 is 18.5 Å². The van der Waals surface area contributed by atoms with Crippen LogP contribution in [0.2, 0.25) is 0 Å².